The zero-order chi connectivity index (χ0) is 13.1. The van der Waals surface area contributed by atoms with Crippen LogP contribution >= 0.6 is 0 Å². The van der Waals surface area contributed by atoms with Crippen molar-refractivity contribution in [1.29, 1.82) is 0 Å². The van der Waals surface area contributed by atoms with Crippen molar-refractivity contribution in [2.24, 2.45) is 5.92 Å². The van der Waals surface area contributed by atoms with Gasteiger partial charge < -0.3 is 16.0 Å². The molecule has 0 aromatic heterocycles. The van der Waals surface area contributed by atoms with Gasteiger partial charge in [-0.05, 0) is 50.6 Å². The fourth-order valence-electron chi connectivity index (χ4n) is 2.41. The molecule has 1 atom stereocenters. The first-order valence-corrected chi connectivity index (χ1v) is 6.39. The quantitative estimate of drug-likeness (QED) is 0.791. The normalized spacial score (nSPS) is 20.0. The van der Waals surface area contributed by atoms with Crippen LogP contribution in [0.3, 0.4) is 0 Å². The monoisotopic (exact) mass is 247 g/mol. The zero-order valence-corrected chi connectivity index (χ0v) is 11.1. The summed E-state index contributed by atoms with van der Waals surface area (Å²) >= 11 is 0. The van der Waals surface area contributed by atoms with E-state index >= 15 is 0 Å². The highest BCUT2D eigenvalue weighted by Gasteiger charge is 2.20. The summed E-state index contributed by atoms with van der Waals surface area (Å²) < 4.78 is 0. The summed E-state index contributed by atoms with van der Waals surface area (Å²) in [6.07, 6.45) is 1.15. The third kappa shape index (κ3) is 3.01. The second-order valence-corrected chi connectivity index (χ2v) is 5.22. The Hall–Kier alpha value is -1.55. The number of nitrogens with one attached hydrogen (secondary N) is 1. The number of aryl methyl sites for hydroxylation is 1. The first kappa shape index (κ1) is 12.9. The fraction of sp³-hybridized carbons (Fsp3) is 0.500. The highest BCUT2D eigenvalue weighted by Crippen LogP contribution is 2.15. The molecular weight excluding hydrogens is 226 g/mol. The lowest BCUT2D eigenvalue weighted by Gasteiger charge is -2.12. The minimum absolute atomic E-state index is 0.0675. The second-order valence-electron chi connectivity index (χ2n) is 5.22. The average Bonchev–Trinajstić information content (AvgIpc) is 2.72. The smallest absolute Gasteiger partial charge is 0.253 e. The Bertz CT molecular complexity index is 445. The van der Waals surface area contributed by atoms with Gasteiger partial charge in [-0.15, -0.1) is 0 Å². The maximum atomic E-state index is 12.0. The summed E-state index contributed by atoms with van der Waals surface area (Å²) in [6, 6.07) is 5.54. The fourth-order valence-corrected chi connectivity index (χ4v) is 2.41. The van der Waals surface area contributed by atoms with Gasteiger partial charge in [0.25, 0.3) is 5.91 Å². The van der Waals surface area contributed by atoms with Gasteiger partial charge in [0.2, 0.25) is 0 Å². The molecule has 98 valence electrons. The molecular formula is C14H21N3O. The number of rotatable bonds is 3. The van der Waals surface area contributed by atoms with Crippen LogP contribution in [0.2, 0.25) is 0 Å². The van der Waals surface area contributed by atoms with Crippen LogP contribution in [0, 0.1) is 12.8 Å². The summed E-state index contributed by atoms with van der Waals surface area (Å²) in [4.78, 5) is 14.3. The molecule has 2 rings (SSSR count). The third-order valence-electron chi connectivity index (χ3n) is 3.49. The van der Waals surface area contributed by atoms with E-state index in [1.165, 1.54) is 0 Å². The van der Waals surface area contributed by atoms with E-state index in [0.717, 1.165) is 31.6 Å². The van der Waals surface area contributed by atoms with Crippen LogP contribution in [-0.2, 0) is 0 Å². The number of hydrogen-bond acceptors (Lipinski definition) is 3. The predicted octanol–water partition coefficient (Wildman–Crippen LogP) is 1.26. The summed E-state index contributed by atoms with van der Waals surface area (Å²) in [5.74, 6) is 0.493. The molecule has 1 aromatic carbocycles. The van der Waals surface area contributed by atoms with Crippen LogP contribution in [-0.4, -0.2) is 37.5 Å². The molecule has 1 fully saturated rings. The van der Waals surface area contributed by atoms with Crippen molar-refractivity contribution in [3.8, 4) is 0 Å². The molecule has 1 unspecified atom stereocenters. The molecule has 1 aliphatic heterocycles. The lowest BCUT2D eigenvalue weighted by atomic mass is 10.1. The Morgan fingerprint density at radius 3 is 2.94 bits per heavy atom. The Labute approximate surface area is 108 Å². The van der Waals surface area contributed by atoms with E-state index in [1.54, 1.807) is 6.07 Å². The molecule has 1 saturated heterocycles. The van der Waals surface area contributed by atoms with Gasteiger partial charge in [0.05, 0.1) is 5.56 Å². The van der Waals surface area contributed by atoms with E-state index in [4.69, 9.17) is 5.73 Å². The van der Waals surface area contributed by atoms with E-state index < -0.39 is 0 Å². The minimum atomic E-state index is -0.0675. The van der Waals surface area contributed by atoms with Gasteiger partial charge in [0, 0.05) is 18.8 Å². The first-order chi connectivity index (χ1) is 8.56. The number of amides is 1. The van der Waals surface area contributed by atoms with Crippen molar-refractivity contribution in [2.45, 2.75) is 13.3 Å². The maximum absolute atomic E-state index is 12.0. The summed E-state index contributed by atoms with van der Waals surface area (Å²) in [5.41, 5.74) is 8.06. The Kier molecular flexibility index (Phi) is 3.87. The summed E-state index contributed by atoms with van der Waals surface area (Å²) in [6.45, 7) is 4.87. The van der Waals surface area contributed by atoms with E-state index in [9.17, 15) is 4.79 Å². The number of anilines is 1. The standard InChI is InChI=1S/C14H21N3O/c1-10-3-4-12(13(15)7-10)14(18)16-8-11-5-6-17(2)9-11/h3-4,7,11H,5-6,8-9,15H2,1-2H3,(H,16,18). The van der Waals surface area contributed by atoms with E-state index in [0.29, 0.717) is 17.2 Å². The third-order valence-corrected chi connectivity index (χ3v) is 3.49. The Morgan fingerprint density at radius 1 is 1.56 bits per heavy atom. The van der Waals surface area contributed by atoms with Crippen molar-refractivity contribution < 1.29 is 4.79 Å². The first-order valence-electron chi connectivity index (χ1n) is 6.39. The highest BCUT2D eigenvalue weighted by molar-refractivity contribution is 5.99. The van der Waals surface area contributed by atoms with Gasteiger partial charge in [0.1, 0.15) is 0 Å². The Balaban J connectivity index is 1.91. The molecule has 1 amide bonds. The topological polar surface area (TPSA) is 58.4 Å². The van der Waals surface area contributed by atoms with Crippen LogP contribution < -0.4 is 11.1 Å². The van der Waals surface area contributed by atoms with Gasteiger partial charge >= 0.3 is 0 Å². The van der Waals surface area contributed by atoms with E-state index in [2.05, 4.69) is 17.3 Å². The van der Waals surface area contributed by atoms with Gasteiger partial charge in [-0.25, -0.2) is 0 Å². The van der Waals surface area contributed by atoms with Gasteiger partial charge in [-0.3, -0.25) is 4.79 Å². The molecule has 4 heteroatoms. The van der Waals surface area contributed by atoms with Crippen molar-refractivity contribution >= 4 is 11.6 Å². The predicted molar refractivity (Wildman–Crippen MR) is 73.5 cm³/mol. The molecule has 3 N–H and O–H groups in total. The van der Waals surface area contributed by atoms with E-state index in [-0.39, 0.29) is 5.91 Å². The van der Waals surface area contributed by atoms with Crippen LogP contribution in [0.4, 0.5) is 5.69 Å². The molecule has 0 spiro atoms. The second kappa shape index (κ2) is 5.40. The SMILES string of the molecule is Cc1ccc(C(=O)NCC2CCN(C)C2)c(N)c1. The Morgan fingerprint density at radius 2 is 2.33 bits per heavy atom. The maximum Gasteiger partial charge on any atom is 0.253 e. The molecule has 1 aliphatic rings. The lowest BCUT2D eigenvalue weighted by Crippen LogP contribution is -2.30. The van der Waals surface area contributed by atoms with Gasteiger partial charge in [-0.1, -0.05) is 6.07 Å². The van der Waals surface area contributed by atoms with Gasteiger partial charge in [0.15, 0.2) is 0 Å². The number of benzene rings is 1. The summed E-state index contributed by atoms with van der Waals surface area (Å²) in [5, 5.41) is 2.98. The molecule has 0 radical (unpaired) electrons. The molecule has 1 heterocycles. The molecule has 18 heavy (non-hydrogen) atoms. The number of nitrogens with zero attached hydrogens (tertiary/aromatic N) is 1. The number of carbonyl (C=O) groups is 1. The number of carbonyl (C=O) groups excluding carboxylic acids is 1. The largest absolute Gasteiger partial charge is 0.398 e. The van der Waals surface area contributed by atoms with Gasteiger partial charge in [-0.2, -0.15) is 0 Å². The number of hydrogen-bond donors (Lipinski definition) is 2. The highest BCUT2D eigenvalue weighted by atomic mass is 16.1. The molecule has 1 aromatic rings. The van der Waals surface area contributed by atoms with Crippen LogP contribution in [0.5, 0.6) is 0 Å². The summed E-state index contributed by atoms with van der Waals surface area (Å²) in [7, 11) is 2.11. The van der Waals surface area contributed by atoms with Crippen molar-refractivity contribution in [2.75, 3.05) is 32.4 Å². The lowest BCUT2D eigenvalue weighted by molar-refractivity contribution is 0.0948. The van der Waals surface area contributed by atoms with Crippen LogP contribution in [0.25, 0.3) is 0 Å². The van der Waals surface area contributed by atoms with Crippen LogP contribution in [0.15, 0.2) is 18.2 Å². The van der Waals surface area contributed by atoms with Crippen molar-refractivity contribution in [3.63, 3.8) is 0 Å². The number of nitrogens with two attached hydrogens (primary N) is 1. The van der Waals surface area contributed by atoms with Crippen LogP contribution in [0.1, 0.15) is 22.3 Å². The molecule has 4 nitrogen and oxygen atoms in total. The molecule has 0 saturated carbocycles. The zero-order valence-electron chi connectivity index (χ0n) is 11.1. The number of likely N-dealkylation sites (tertiary alicyclic amines) is 1. The average molecular weight is 247 g/mol. The molecule has 0 aliphatic carbocycles. The van der Waals surface area contributed by atoms with E-state index in [1.807, 2.05) is 19.1 Å². The van der Waals surface area contributed by atoms with Crippen molar-refractivity contribution in [1.82, 2.24) is 10.2 Å². The number of nitrogen functional groups attached to an aromatic ring is 1. The minimum Gasteiger partial charge on any atom is -0.398 e. The van der Waals surface area contributed by atoms with Crippen molar-refractivity contribution in [3.05, 3.63) is 29.3 Å². The molecule has 0 bridgehead atoms.